The summed E-state index contributed by atoms with van der Waals surface area (Å²) in [6, 6.07) is 0.458. The molecule has 3 atom stereocenters. The van der Waals surface area contributed by atoms with Gasteiger partial charge >= 0.3 is 6.18 Å². The van der Waals surface area contributed by atoms with Crippen LogP contribution in [0.3, 0.4) is 0 Å². The molecule has 1 aromatic heterocycles. The van der Waals surface area contributed by atoms with Crippen molar-refractivity contribution in [1.82, 2.24) is 20.1 Å². The van der Waals surface area contributed by atoms with Crippen LogP contribution in [0, 0.1) is 5.92 Å². The summed E-state index contributed by atoms with van der Waals surface area (Å²) < 4.78 is 40.8. The zero-order valence-electron chi connectivity index (χ0n) is 12.9. The summed E-state index contributed by atoms with van der Waals surface area (Å²) >= 11 is 0. The maximum absolute atomic E-state index is 13.0. The third kappa shape index (κ3) is 3.14. The van der Waals surface area contributed by atoms with Gasteiger partial charge in [-0.3, -0.25) is 0 Å². The first-order valence-corrected chi connectivity index (χ1v) is 8.21. The normalized spacial score (nSPS) is 28.8. The molecule has 0 aromatic carbocycles. The molecule has 0 radical (unpaired) electrons. The molecule has 1 fully saturated rings. The van der Waals surface area contributed by atoms with Gasteiger partial charge in [0.25, 0.3) is 0 Å². The van der Waals surface area contributed by atoms with Gasteiger partial charge in [-0.25, -0.2) is 0 Å². The van der Waals surface area contributed by atoms with Crippen LogP contribution in [0.1, 0.15) is 63.0 Å². The van der Waals surface area contributed by atoms with Crippen LogP contribution in [0.5, 0.6) is 0 Å². The van der Waals surface area contributed by atoms with Crippen molar-refractivity contribution >= 4 is 0 Å². The third-order valence-corrected chi connectivity index (χ3v) is 5.10. The first-order valence-electron chi connectivity index (χ1n) is 8.21. The summed E-state index contributed by atoms with van der Waals surface area (Å²) in [6.07, 6.45) is 1.16. The largest absolute Gasteiger partial charge is 0.398 e. The highest BCUT2D eigenvalue weighted by molar-refractivity contribution is 5.08. The molecule has 1 N–H and O–H groups in total. The van der Waals surface area contributed by atoms with Gasteiger partial charge in [0.2, 0.25) is 0 Å². The molecule has 2 aliphatic rings. The van der Waals surface area contributed by atoms with E-state index in [0.717, 1.165) is 18.8 Å². The van der Waals surface area contributed by atoms with Crippen LogP contribution in [0.15, 0.2) is 0 Å². The highest BCUT2D eigenvalue weighted by Crippen LogP contribution is 2.40. The quantitative estimate of drug-likeness (QED) is 0.926. The average molecular weight is 316 g/mol. The Bertz CT molecular complexity index is 511. The van der Waals surface area contributed by atoms with Crippen molar-refractivity contribution in [2.45, 2.75) is 76.7 Å². The first kappa shape index (κ1) is 15.8. The van der Waals surface area contributed by atoms with E-state index in [-0.39, 0.29) is 12.2 Å². The number of halogens is 3. The van der Waals surface area contributed by atoms with Crippen molar-refractivity contribution in [1.29, 1.82) is 0 Å². The maximum Gasteiger partial charge on any atom is 0.398 e. The second-order valence-electron chi connectivity index (χ2n) is 6.53. The Morgan fingerprint density at radius 2 is 2.05 bits per heavy atom. The monoisotopic (exact) mass is 316 g/mol. The van der Waals surface area contributed by atoms with Crippen LogP contribution in [0.4, 0.5) is 13.2 Å². The van der Waals surface area contributed by atoms with Gasteiger partial charge in [-0.15, -0.1) is 10.2 Å². The number of nitrogens with zero attached hydrogens (tertiary/aromatic N) is 3. The number of alkyl halides is 3. The molecule has 7 heteroatoms. The highest BCUT2D eigenvalue weighted by atomic mass is 19.4. The van der Waals surface area contributed by atoms with Crippen molar-refractivity contribution in [2.24, 2.45) is 5.92 Å². The molecule has 0 amide bonds. The Labute approximate surface area is 128 Å². The summed E-state index contributed by atoms with van der Waals surface area (Å²) in [5.74, 6) is 0.0511. The van der Waals surface area contributed by atoms with Gasteiger partial charge < -0.3 is 9.88 Å². The summed E-state index contributed by atoms with van der Waals surface area (Å²) in [6.45, 7) is 3.31. The molecule has 3 rings (SSSR count). The van der Waals surface area contributed by atoms with Crippen LogP contribution in [0.2, 0.25) is 0 Å². The first-order chi connectivity index (χ1) is 10.5. The van der Waals surface area contributed by atoms with Crippen molar-refractivity contribution in [3.8, 4) is 0 Å². The Balaban J connectivity index is 1.65. The molecular formula is C15H23F3N4. The standard InChI is InChI=1S/C15H23F3N4/c1-2-10-5-6-11(8-10)19-9-13-20-21-14-12(15(16,17)18)4-3-7-22(13)14/h10-12,19H,2-9H2,1H3/t10-,11-,12-/m1/s1. The summed E-state index contributed by atoms with van der Waals surface area (Å²) in [4.78, 5) is 0. The predicted molar refractivity (Wildman–Crippen MR) is 76.3 cm³/mol. The molecular weight excluding hydrogens is 293 g/mol. The van der Waals surface area contributed by atoms with Crippen molar-refractivity contribution in [3.63, 3.8) is 0 Å². The van der Waals surface area contributed by atoms with Crippen LogP contribution in [-0.4, -0.2) is 27.0 Å². The van der Waals surface area contributed by atoms with Crippen molar-refractivity contribution in [3.05, 3.63) is 11.6 Å². The molecule has 1 aliphatic heterocycles. The zero-order chi connectivity index (χ0) is 15.7. The van der Waals surface area contributed by atoms with Gasteiger partial charge in [-0.2, -0.15) is 13.2 Å². The lowest BCUT2D eigenvalue weighted by atomic mass is 9.98. The molecule has 0 saturated heterocycles. The van der Waals surface area contributed by atoms with E-state index in [1.807, 2.05) is 0 Å². The minimum atomic E-state index is -4.23. The Morgan fingerprint density at radius 3 is 2.73 bits per heavy atom. The fourth-order valence-corrected chi connectivity index (χ4v) is 3.74. The van der Waals surface area contributed by atoms with Gasteiger partial charge in [0.15, 0.2) is 0 Å². The van der Waals surface area contributed by atoms with Crippen molar-refractivity contribution < 1.29 is 13.2 Å². The molecule has 1 aliphatic carbocycles. The zero-order valence-corrected chi connectivity index (χ0v) is 12.9. The van der Waals surface area contributed by atoms with Gasteiger partial charge in [0, 0.05) is 12.6 Å². The van der Waals surface area contributed by atoms with Gasteiger partial charge in [0.05, 0.1) is 6.54 Å². The number of aromatic nitrogens is 3. The average Bonchev–Trinajstić information content (AvgIpc) is 3.10. The number of hydrogen-bond donors (Lipinski definition) is 1. The fraction of sp³-hybridized carbons (Fsp3) is 0.867. The van der Waals surface area contributed by atoms with E-state index in [1.54, 1.807) is 4.57 Å². The molecule has 124 valence electrons. The predicted octanol–water partition coefficient (Wildman–Crippen LogP) is 3.39. The maximum atomic E-state index is 13.0. The van der Waals surface area contributed by atoms with Crippen LogP contribution >= 0.6 is 0 Å². The van der Waals surface area contributed by atoms with Crippen LogP contribution < -0.4 is 5.32 Å². The van der Waals surface area contributed by atoms with Crippen LogP contribution in [-0.2, 0) is 13.1 Å². The third-order valence-electron chi connectivity index (χ3n) is 5.10. The Kier molecular flexibility index (Phi) is 4.43. The SMILES string of the molecule is CC[C@@H]1CC[C@@H](NCc2nnc3n2CCC[C@H]3C(F)(F)F)C1. The Hall–Kier alpha value is -1.11. The van der Waals surface area contributed by atoms with E-state index in [4.69, 9.17) is 0 Å². The summed E-state index contributed by atoms with van der Waals surface area (Å²) in [5, 5.41) is 11.3. The lowest BCUT2D eigenvalue weighted by Gasteiger charge is -2.25. The number of rotatable bonds is 4. The van der Waals surface area contributed by atoms with Crippen LogP contribution in [0.25, 0.3) is 0 Å². The van der Waals surface area contributed by atoms with E-state index < -0.39 is 12.1 Å². The molecule has 0 unspecified atom stereocenters. The molecule has 4 nitrogen and oxygen atoms in total. The lowest BCUT2D eigenvalue weighted by molar-refractivity contribution is -0.156. The highest BCUT2D eigenvalue weighted by Gasteiger charge is 2.45. The molecule has 1 saturated carbocycles. The number of nitrogens with one attached hydrogen (secondary N) is 1. The lowest BCUT2D eigenvalue weighted by Crippen LogP contribution is -2.31. The molecule has 2 heterocycles. The van der Waals surface area contributed by atoms with Gasteiger partial charge in [-0.1, -0.05) is 13.3 Å². The summed E-state index contributed by atoms with van der Waals surface area (Å²) in [7, 11) is 0. The Morgan fingerprint density at radius 1 is 1.23 bits per heavy atom. The smallest absolute Gasteiger partial charge is 0.313 e. The van der Waals surface area contributed by atoms with E-state index in [1.165, 1.54) is 12.8 Å². The van der Waals surface area contributed by atoms with E-state index in [2.05, 4.69) is 22.4 Å². The van der Waals surface area contributed by atoms with Gasteiger partial charge in [0.1, 0.15) is 17.6 Å². The molecule has 0 bridgehead atoms. The fourth-order valence-electron chi connectivity index (χ4n) is 3.74. The topological polar surface area (TPSA) is 42.7 Å². The van der Waals surface area contributed by atoms with E-state index in [0.29, 0.717) is 31.4 Å². The van der Waals surface area contributed by atoms with Gasteiger partial charge in [-0.05, 0) is 38.0 Å². The minimum Gasteiger partial charge on any atom is -0.313 e. The molecule has 22 heavy (non-hydrogen) atoms. The number of fused-ring (bicyclic) bond motifs is 1. The second-order valence-corrected chi connectivity index (χ2v) is 6.53. The summed E-state index contributed by atoms with van der Waals surface area (Å²) in [5.41, 5.74) is 0. The molecule has 0 spiro atoms. The second kappa shape index (κ2) is 6.18. The number of hydrogen-bond acceptors (Lipinski definition) is 3. The minimum absolute atomic E-state index is 0.0911. The van der Waals surface area contributed by atoms with E-state index >= 15 is 0 Å². The molecule has 1 aromatic rings. The van der Waals surface area contributed by atoms with E-state index in [9.17, 15) is 13.2 Å². The van der Waals surface area contributed by atoms with Crippen molar-refractivity contribution in [2.75, 3.05) is 0 Å².